The fourth-order valence-electron chi connectivity index (χ4n) is 1.71. The minimum atomic E-state index is 0.189. The minimum Gasteiger partial charge on any atom is -0.368 e. The molecule has 90 valence electrons. The number of aromatic nitrogens is 5. The van der Waals surface area contributed by atoms with Crippen LogP contribution in [0.25, 0.3) is 22.3 Å². The Balaban J connectivity index is 2.15. The molecular weight excluding hydrogens is 230 g/mol. The number of nitrogen functional groups attached to an aromatic ring is 1. The Morgan fingerprint density at radius 2 is 2.11 bits per heavy atom. The largest absolute Gasteiger partial charge is 0.368 e. The van der Waals surface area contributed by atoms with E-state index in [2.05, 4.69) is 30.5 Å². The summed E-state index contributed by atoms with van der Waals surface area (Å²) in [5.74, 6) is 1.17. The maximum Gasteiger partial charge on any atom is 0.227 e. The average Bonchev–Trinajstić information content (AvgIpc) is 2.85. The first-order valence-corrected chi connectivity index (χ1v) is 5.39. The minimum absolute atomic E-state index is 0.189. The molecule has 0 bridgehead atoms. The van der Waals surface area contributed by atoms with E-state index in [9.17, 15) is 0 Å². The van der Waals surface area contributed by atoms with Crippen LogP contribution in [0.2, 0.25) is 0 Å². The number of rotatable bonds is 2. The Hall–Kier alpha value is -2.70. The lowest BCUT2D eigenvalue weighted by Crippen LogP contribution is -2.04. The Labute approximate surface area is 102 Å². The first kappa shape index (κ1) is 10.5. The van der Waals surface area contributed by atoms with Crippen molar-refractivity contribution in [3.05, 3.63) is 24.4 Å². The van der Waals surface area contributed by atoms with Gasteiger partial charge in [0.25, 0.3) is 0 Å². The lowest BCUT2D eigenvalue weighted by molar-refractivity contribution is 1.07. The number of benzene rings is 1. The third kappa shape index (κ3) is 1.71. The summed E-state index contributed by atoms with van der Waals surface area (Å²) in [5, 5.41) is 10.8. The molecule has 7 nitrogen and oxygen atoms in total. The van der Waals surface area contributed by atoms with E-state index in [1.165, 1.54) is 0 Å². The number of hydrogen-bond acceptors (Lipinski definition) is 6. The summed E-state index contributed by atoms with van der Waals surface area (Å²) < 4.78 is 0. The van der Waals surface area contributed by atoms with Crippen LogP contribution in [0.1, 0.15) is 0 Å². The lowest BCUT2D eigenvalue weighted by Gasteiger charge is -2.04. The highest BCUT2D eigenvalue weighted by atomic mass is 15.2. The van der Waals surface area contributed by atoms with Crippen LogP contribution in [-0.2, 0) is 0 Å². The molecule has 0 aliphatic carbocycles. The molecule has 3 aromatic rings. The van der Waals surface area contributed by atoms with Gasteiger partial charge < -0.3 is 11.1 Å². The second kappa shape index (κ2) is 3.95. The van der Waals surface area contributed by atoms with Crippen LogP contribution in [0.15, 0.2) is 24.4 Å². The number of H-pyrrole nitrogens is 1. The van der Waals surface area contributed by atoms with Gasteiger partial charge in [-0.2, -0.15) is 20.1 Å². The van der Waals surface area contributed by atoms with Crippen molar-refractivity contribution >= 4 is 22.8 Å². The SMILES string of the molecule is CNc1nc(N)nc(-c2ccc3cn[nH]c3c2)n1. The second-order valence-corrected chi connectivity index (χ2v) is 3.76. The summed E-state index contributed by atoms with van der Waals surface area (Å²) in [4.78, 5) is 12.3. The molecule has 4 N–H and O–H groups in total. The van der Waals surface area contributed by atoms with Crippen molar-refractivity contribution in [3.8, 4) is 11.4 Å². The zero-order chi connectivity index (χ0) is 12.5. The van der Waals surface area contributed by atoms with Crippen LogP contribution >= 0.6 is 0 Å². The van der Waals surface area contributed by atoms with E-state index in [4.69, 9.17) is 5.73 Å². The van der Waals surface area contributed by atoms with Gasteiger partial charge in [0.05, 0.1) is 11.7 Å². The number of nitrogens with zero attached hydrogens (tertiary/aromatic N) is 4. The monoisotopic (exact) mass is 241 g/mol. The maximum atomic E-state index is 5.64. The maximum absolute atomic E-state index is 5.64. The highest BCUT2D eigenvalue weighted by molar-refractivity contribution is 5.82. The van der Waals surface area contributed by atoms with Gasteiger partial charge in [0, 0.05) is 18.0 Å². The fraction of sp³-hybridized carbons (Fsp3) is 0.0909. The van der Waals surface area contributed by atoms with E-state index in [1.807, 2.05) is 18.2 Å². The molecule has 0 spiro atoms. The normalized spacial score (nSPS) is 10.7. The third-order valence-corrected chi connectivity index (χ3v) is 2.58. The first-order valence-electron chi connectivity index (χ1n) is 5.39. The van der Waals surface area contributed by atoms with Gasteiger partial charge in [-0.3, -0.25) is 5.10 Å². The van der Waals surface area contributed by atoms with E-state index in [-0.39, 0.29) is 5.95 Å². The molecule has 0 unspecified atom stereocenters. The van der Waals surface area contributed by atoms with Gasteiger partial charge >= 0.3 is 0 Å². The zero-order valence-electron chi connectivity index (χ0n) is 9.68. The summed E-state index contributed by atoms with van der Waals surface area (Å²) in [6.07, 6.45) is 1.76. The predicted molar refractivity (Wildman–Crippen MR) is 68.9 cm³/mol. The van der Waals surface area contributed by atoms with Gasteiger partial charge in [0.2, 0.25) is 11.9 Å². The number of nitrogens with two attached hydrogens (primary N) is 1. The van der Waals surface area contributed by atoms with Crippen LogP contribution in [0, 0.1) is 0 Å². The van der Waals surface area contributed by atoms with Crippen LogP contribution in [0.3, 0.4) is 0 Å². The molecule has 2 aromatic heterocycles. The van der Waals surface area contributed by atoms with E-state index in [0.717, 1.165) is 16.5 Å². The van der Waals surface area contributed by atoms with Crippen molar-refractivity contribution in [1.82, 2.24) is 25.1 Å². The van der Waals surface area contributed by atoms with Gasteiger partial charge in [0.1, 0.15) is 0 Å². The number of anilines is 2. The second-order valence-electron chi connectivity index (χ2n) is 3.76. The zero-order valence-corrected chi connectivity index (χ0v) is 9.68. The number of fused-ring (bicyclic) bond motifs is 1. The quantitative estimate of drug-likeness (QED) is 0.619. The molecule has 3 rings (SSSR count). The number of nitrogens with one attached hydrogen (secondary N) is 2. The van der Waals surface area contributed by atoms with Gasteiger partial charge in [-0.1, -0.05) is 12.1 Å². The van der Waals surface area contributed by atoms with Gasteiger partial charge in [-0.25, -0.2) is 0 Å². The molecule has 0 aliphatic rings. The lowest BCUT2D eigenvalue weighted by atomic mass is 10.1. The summed E-state index contributed by atoms with van der Waals surface area (Å²) in [5.41, 5.74) is 7.43. The Morgan fingerprint density at radius 1 is 1.22 bits per heavy atom. The molecule has 0 radical (unpaired) electrons. The van der Waals surface area contributed by atoms with Crippen molar-refractivity contribution in [3.63, 3.8) is 0 Å². The van der Waals surface area contributed by atoms with E-state index in [1.54, 1.807) is 13.2 Å². The van der Waals surface area contributed by atoms with Gasteiger partial charge in [-0.05, 0) is 6.07 Å². The van der Waals surface area contributed by atoms with Gasteiger partial charge in [-0.15, -0.1) is 0 Å². The van der Waals surface area contributed by atoms with Crippen molar-refractivity contribution in [1.29, 1.82) is 0 Å². The molecule has 0 atom stereocenters. The Morgan fingerprint density at radius 3 is 2.94 bits per heavy atom. The standard InChI is InChI=1S/C11H11N7/c1-13-11-16-9(15-10(12)17-11)6-2-3-7-5-14-18-8(7)4-6/h2-5H,1H3,(H,14,18)(H3,12,13,15,16,17). The smallest absolute Gasteiger partial charge is 0.227 e. The highest BCUT2D eigenvalue weighted by Gasteiger charge is 2.07. The average molecular weight is 241 g/mol. The highest BCUT2D eigenvalue weighted by Crippen LogP contribution is 2.21. The topological polar surface area (TPSA) is 105 Å². The van der Waals surface area contributed by atoms with Crippen LogP contribution < -0.4 is 11.1 Å². The molecule has 0 saturated carbocycles. The van der Waals surface area contributed by atoms with E-state index >= 15 is 0 Å². The Bertz CT molecular complexity index is 703. The van der Waals surface area contributed by atoms with E-state index in [0.29, 0.717) is 11.8 Å². The van der Waals surface area contributed by atoms with Crippen molar-refractivity contribution in [2.24, 2.45) is 0 Å². The Kier molecular flexibility index (Phi) is 2.30. The van der Waals surface area contributed by atoms with Crippen molar-refractivity contribution in [2.75, 3.05) is 18.1 Å². The summed E-state index contributed by atoms with van der Waals surface area (Å²) in [6.45, 7) is 0. The molecule has 0 amide bonds. The summed E-state index contributed by atoms with van der Waals surface area (Å²) in [6, 6.07) is 5.80. The molecule has 7 heteroatoms. The number of aromatic amines is 1. The molecule has 0 aliphatic heterocycles. The molecule has 18 heavy (non-hydrogen) atoms. The molecule has 0 fully saturated rings. The number of hydrogen-bond donors (Lipinski definition) is 3. The predicted octanol–water partition coefficient (Wildman–Crippen LogP) is 1.04. The summed E-state index contributed by atoms with van der Waals surface area (Å²) in [7, 11) is 1.73. The first-order chi connectivity index (χ1) is 8.76. The molecular formula is C11H11N7. The van der Waals surface area contributed by atoms with Crippen LogP contribution in [0.4, 0.5) is 11.9 Å². The van der Waals surface area contributed by atoms with Crippen LogP contribution in [-0.4, -0.2) is 32.2 Å². The van der Waals surface area contributed by atoms with E-state index < -0.39 is 0 Å². The third-order valence-electron chi connectivity index (χ3n) is 2.58. The summed E-state index contributed by atoms with van der Waals surface area (Å²) >= 11 is 0. The van der Waals surface area contributed by atoms with Gasteiger partial charge in [0.15, 0.2) is 5.82 Å². The van der Waals surface area contributed by atoms with Crippen molar-refractivity contribution in [2.45, 2.75) is 0 Å². The fourth-order valence-corrected chi connectivity index (χ4v) is 1.71. The molecule has 0 saturated heterocycles. The molecule has 1 aromatic carbocycles. The van der Waals surface area contributed by atoms with Crippen molar-refractivity contribution < 1.29 is 0 Å². The molecule has 2 heterocycles. The van der Waals surface area contributed by atoms with Crippen LogP contribution in [0.5, 0.6) is 0 Å².